The predicted molar refractivity (Wildman–Crippen MR) is 49.9 cm³/mol. The Morgan fingerprint density at radius 3 is 2.83 bits per heavy atom. The summed E-state index contributed by atoms with van der Waals surface area (Å²) in [5.41, 5.74) is 1.20. The van der Waals surface area contributed by atoms with E-state index in [1.165, 1.54) is 5.69 Å². The van der Waals surface area contributed by atoms with Gasteiger partial charge in [-0.2, -0.15) is 0 Å². The lowest BCUT2D eigenvalue weighted by Crippen LogP contribution is -2.22. The molecule has 3 heteroatoms. The van der Waals surface area contributed by atoms with Crippen LogP contribution in [0, 0.1) is 0 Å². The molecule has 12 heavy (non-hydrogen) atoms. The van der Waals surface area contributed by atoms with Crippen molar-refractivity contribution in [1.82, 2.24) is 15.3 Å². The zero-order valence-corrected chi connectivity index (χ0v) is 8.02. The summed E-state index contributed by atoms with van der Waals surface area (Å²) >= 11 is 0. The van der Waals surface area contributed by atoms with Gasteiger partial charge in [-0.05, 0) is 6.42 Å². The Balaban J connectivity index is 2.41. The van der Waals surface area contributed by atoms with E-state index in [-0.39, 0.29) is 0 Å². The number of hydrogen-bond acceptors (Lipinski definition) is 2. The van der Waals surface area contributed by atoms with E-state index in [9.17, 15) is 0 Å². The summed E-state index contributed by atoms with van der Waals surface area (Å²) < 4.78 is 0. The molecule has 0 amide bonds. The number of nitrogens with zero attached hydrogens (tertiary/aromatic N) is 1. The first-order valence-electron chi connectivity index (χ1n) is 4.48. The lowest BCUT2D eigenvalue weighted by molar-refractivity contribution is 0.575. The molecule has 1 aromatic rings. The van der Waals surface area contributed by atoms with Crippen LogP contribution in [0.4, 0.5) is 0 Å². The minimum Gasteiger partial charge on any atom is -0.345 e. The van der Waals surface area contributed by atoms with Crippen LogP contribution < -0.4 is 5.32 Å². The molecule has 3 nitrogen and oxygen atoms in total. The van der Waals surface area contributed by atoms with Gasteiger partial charge in [0.05, 0.1) is 6.54 Å². The molecular formula is C9H17N3. The SMILES string of the molecule is CCc1cnc(CNC(C)C)[nH]1. The monoisotopic (exact) mass is 167 g/mol. The molecule has 0 aliphatic heterocycles. The van der Waals surface area contributed by atoms with Crippen LogP contribution in [-0.4, -0.2) is 16.0 Å². The molecule has 0 spiro atoms. The average Bonchev–Trinajstić information content (AvgIpc) is 2.48. The number of aromatic nitrogens is 2. The largest absolute Gasteiger partial charge is 0.345 e. The Bertz CT molecular complexity index is 227. The van der Waals surface area contributed by atoms with E-state index in [1.54, 1.807) is 0 Å². The van der Waals surface area contributed by atoms with Crippen molar-refractivity contribution >= 4 is 0 Å². The van der Waals surface area contributed by atoms with E-state index >= 15 is 0 Å². The molecule has 0 aromatic carbocycles. The molecule has 0 saturated carbocycles. The Labute approximate surface area is 73.6 Å². The summed E-state index contributed by atoms with van der Waals surface area (Å²) in [7, 11) is 0. The van der Waals surface area contributed by atoms with Crippen LogP contribution >= 0.6 is 0 Å². The van der Waals surface area contributed by atoms with E-state index in [0.29, 0.717) is 6.04 Å². The van der Waals surface area contributed by atoms with Gasteiger partial charge in [-0.1, -0.05) is 20.8 Å². The van der Waals surface area contributed by atoms with Crippen molar-refractivity contribution in [3.05, 3.63) is 17.7 Å². The fourth-order valence-corrected chi connectivity index (χ4v) is 0.976. The van der Waals surface area contributed by atoms with Crippen molar-refractivity contribution in [3.63, 3.8) is 0 Å². The van der Waals surface area contributed by atoms with Gasteiger partial charge in [-0.3, -0.25) is 0 Å². The first-order chi connectivity index (χ1) is 5.72. The van der Waals surface area contributed by atoms with E-state index in [0.717, 1.165) is 18.8 Å². The normalized spacial score (nSPS) is 11.0. The summed E-state index contributed by atoms with van der Waals surface area (Å²) in [5.74, 6) is 1.03. The van der Waals surface area contributed by atoms with E-state index in [4.69, 9.17) is 0 Å². The molecule has 0 aliphatic rings. The second-order valence-electron chi connectivity index (χ2n) is 3.24. The number of H-pyrrole nitrogens is 1. The van der Waals surface area contributed by atoms with E-state index < -0.39 is 0 Å². The first-order valence-corrected chi connectivity index (χ1v) is 4.48. The minimum atomic E-state index is 0.514. The summed E-state index contributed by atoms with van der Waals surface area (Å²) in [6.45, 7) is 7.21. The van der Waals surface area contributed by atoms with Crippen molar-refractivity contribution in [2.24, 2.45) is 0 Å². The maximum atomic E-state index is 4.24. The Morgan fingerprint density at radius 2 is 2.33 bits per heavy atom. The minimum absolute atomic E-state index is 0.514. The fourth-order valence-electron chi connectivity index (χ4n) is 0.976. The maximum Gasteiger partial charge on any atom is 0.120 e. The van der Waals surface area contributed by atoms with Crippen LogP contribution in [0.25, 0.3) is 0 Å². The number of imidazole rings is 1. The van der Waals surface area contributed by atoms with Crippen LogP contribution in [-0.2, 0) is 13.0 Å². The predicted octanol–water partition coefficient (Wildman–Crippen LogP) is 1.47. The van der Waals surface area contributed by atoms with Gasteiger partial charge in [0.2, 0.25) is 0 Å². The summed E-state index contributed by atoms with van der Waals surface area (Å²) in [6, 6.07) is 0.514. The van der Waals surface area contributed by atoms with Crippen molar-refractivity contribution in [3.8, 4) is 0 Å². The third-order valence-corrected chi connectivity index (χ3v) is 1.74. The number of hydrogen-bond donors (Lipinski definition) is 2. The highest BCUT2D eigenvalue weighted by atomic mass is 15.0. The highest BCUT2D eigenvalue weighted by molar-refractivity contribution is 5.00. The van der Waals surface area contributed by atoms with Crippen molar-refractivity contribution in [2.45, 2.75) is 39.8 Å². The molecule has 0 aliphatic carbocycles. The lowest BCUT2D eigenvalue weighted by Gasteiger charge is -2.04. The van der Waals surface area contributed by atoms with Gasteiger partial charge in [-0.15, -0.1) is 0 Å². The van der Waals surface area contributed by atoms with Crippen molar-refractivity contribution in [2.75, 3.05) is 0 Å². The van der Waals surface area contributed by atoms with E-state index in [2.05, 4.69) is 36.1 Å². The molecule has 1 aromatic heterocycles. The molecule has 1 heterocycles. The fraction of sp³-hybridized carbons (Fsp3) is 0.667. The Morgan fingerprint density at radius 1 is 1.58 bits per heavy atom. The topological polar surface area (TPSA) is 40.7 Å². The second kappa shape index (κ2) is 4.26. The first kappa shape index (κ1) is 9.26. The standard InChI is InChI=1S/C9H17N3/c1-4-8-5-11-9(12-8)6-10-7(2)3/h5,7,10H,4,6H2,1-3H3,(H,11,12). The second-order valence-corrected chi connectivity index (χ2v) is 3.24. The number of rotatable bonds is 4. The average molecular weight is 167 g/mol. The quantitative estimate of drug-likeness (QED) is 0.713. The Hall–Kier alpha value is -0.830. The van der Waals surface area contributed by atoms with Crippen LogP contribution in [0.15, 0.2) is 6.20 Å². The third kappa shape index (κ3) is 2.66. The van der Waals surface area contributed by atoms with Crippen molar-refractivity contribution in [1.29, 1.82) is 0 Å². The van der Waals surface area contributed by atoms with E-state index in [1.807, 2.05) is 6.20 Å². The van der Waals surface area contributed by atoms with Crippen LogP contribution in [0.2, 0.25) is 0 Å². The Kier molecular flexibility index (Phi) is 3.29. The van der Waals surface area contributed by atoms with Crippen molar-refractivity contribution < 1.29 is 0 Å². The number of nitrogens with one attached hydrogen (secondary N) is 2. The van der Waals surface area contributed by atoms with Gasteiger partial charge >= 0.3 is 0 Å². The highest BCUT2D eigenvalue weighted by Gasteiger charge is 1.98. The summed E-state index contributed by atoms with van der Waals surface area (Å²) in [6.07, 6.45) is 2.92. The number of aryl methyl sites for hydroxylation is 1. The van der Waals surface area contributed by atoms with Gasteiger partial charge in [-0.25, -0.2) is 4.98 Å². The summed E-state index contributed by atoms with van der Waals surface area (Å²) in [4.78, 5) is 7.49. The summed E-state index contributed by atoms with van der Waals surface area (Å²) in [5, 5.41) is 3.31. The smallest absolute Gasteiger partial charge is 0.120 e. The van der Waals surface area contributed by atoms with Crippen LogP contribution in [0.1, 0.15) is 32.3 Å². The zero-order chi connectivity index (χ0) is 8.97. The van der Waals surface area contributed by atoms with Gasteiger partial charge in [0.15, 0.2) is 0 Å². The van der Waals surface area contributed by atoms with Gasteiger partial charge in [0.1, 0.15) is 5.82 Å². The van der Waals surface area contributed by atoms with Gasteiger partial charge in [0.25, 0.3) is 0 Å². The molecule has 0 fully saturated rings. The molecule has 0 radical (unpaired) electrons. The molecular weight excluding hydrogens is 150 g/mol. The molecule has 0 saturated heterocycles. The number of aromatic amines is 1. The third-order valence-electron chi connectivity index (χ3n) is 1.74. The van der Waals surface area contributed by atoms with Gasteiger partial charge < -0.3 is 10.3 Å². The molecule has 68 valence electrons. The van der Waals surface area contributed by atoms with Crippen LogP contribution in [0.5, 0.6) is 0 Å². The molecule has 1 rings (SSSR count). The molecule has 2 N–H and O–H groups in total. The van der Waals surface area contributed by atoms with Crippen LogP contribution in [0.3, 0.4) is 0 Å². The maximum absolute atomic E-state index is 4.24. The molecule has 0 atom stereocenters. The van der Waals surface area contributed by atoms with Gasteiger partial charge in [0, 0.05) is 17.9 Å². The molecule has 0 unspecified atom stereocenters. The zero-order valence-electron chi connectivity index (χ0n) is 8.02. The molecule has 0 bridgehead atoms. The highest BCUT2D eigenvalue weighted by Crippen LogP contribution is 1.97. The lowest BCUT2D eigenvalue weighted by atomic mass is 10.4.